The van der Waals surface area contributed by atoms with Crippen molar-refractivity contribution in [2.24, 2.45) is 4.99 Å². The standard InChI is InChI=1S/C32H28BrN3O6S/c1-2-39-31(38)26-27(19-9-5-3-6-10-19)34-32-36(28(26)20-11-12-23-24(15-20)41-18-40-23)29(37)25(43-32)17-21-16-22(33)30(42-21)35-13-7-4-8-14-35/h3,5-6,9-12,15-17,28H,2,4,7-8,13-14,18H2,1H3/b25-17+/t28-/m1/s1. The smallest absolute Gasteiger partial charge is 0.338 e. The van der Waals surface area contributed by atoms with Gasteiger partial charge in [0.2, 0.25) is 12.7 Å². The van der Waals surface area contributed by atoms with Crippen LogP contribution < -0.4 is 29.3 Å². The maximum absolute atomic E-state index is 14.2. The number of esters is 1. The molecule has 7 rings (SSSR count). The Labute approximate surface area is 259 Å². The number of nitrogens with zero attached hydrogens (tertiary/aromatic N) is 3. The number of piperidine rings is 1. The van der Waals surface area contributed by atoms with Gasteiger partial charge in [0, 0.05) is 30.8 Å². The SMILES string of the molecule is CCOC(=O)C1=C(c2ccccc2)N=c2s/c(=C/c3cc(Br)c(N4CCCCC4)o3)c(=O)n2[C@@H]1c1ccc2c(c1)OCO2. The van der Waals surface area contributed by atoms with Crippen LogP contribution in [0.3, 0.4) is 0 Å². The first-order chi connectivity index (χ1) is 21.0. The number of hydrogen-bond acceptors (Lipinski definition) is 9. The molecule has 0 bridgehead atoms. The van der Waals surface area contributed by atoms with Crippen LogP contribution in [0.2, 0.25) is 0 Å². The predicted octanol–water partition coefficient (Wildman–Crippen LogP) is 5.01. The lowest BCUT2D eigenvalue weighted by atomic mass is 9.93. The first kappa shape index (κ1) is 27.7. The van der Waals surface area contributed by atoms with E-state index in [0.717, 1.165) is 41.9 Å². The molecule has 1 saturated heterocycles. The Hall–Kier alpha value is -4.09. The number of aromatic nitrogens is 1. The van der Waals surface area contributed by atoms with Gasteiger partial charge >= 0.3 is 5.97 Å². The minimum Gasteiger partial charge on any atom is -0.463 e. The second-order valence-electron chi connectivity index (χ2n) is 10.4. The zero-order valence-electron chi connectivity index (χ0n) is 23.4. The molecule has 2 aromatic heterocycles. The molecule has 0 unspecified atom stereocenters. The Bertz CT molecular complexity index is 1920. The largest absolute Gasteiger partial charge is 0.463 e. The molecule has 11 heteroatoms. The van der Waals surface area contributed by atoms with Crippen LogP contribution in [0.25, 0.3) is 11.8 Å². The van der Waals surface area contributed by atoms with Crippen LogP contribution in [-0.4, -0.2) is 37.0 Å². The van der Waals surface area contributed by atoms with E-state index in [2.05, 4.69) is 20.8 Å². The third kappa shape index (κ3) is 5.10. The van der Waals surface area contributed by atoms with Crippen molar-refractivity contribution in [3.05, 3.63) is 101 Å². The number of anilines is 1. The number of halogens is 1. The zero-order chi connectivity index (χ0) is 29.5. The molecule has 2 aromatic carbocycles. The highest BCUT2D eigenvalue weighted by atomic mass is 79.9. The van der Waals surface area contributed by atoms with Crippen LogP contribution in [0.1, 0.15) is 49.1 Å². The molecule has 220 valence electrons. The third-order valence-electron chi connectivity index (χ3n) is 7.69. The van der Waals surface area contributed by atoms with Crippen molar-refractivity contribution in [2.75, 3.05) is 31.4 Å². The van der Waals surface area contributed by atoms with Crippen LogP contribution in [0.4, 0.5) is 5.88 Å². The molecule has 0 saturated carbocycles. The molecule has 0 aliphatic carbocycles. The number of carbonyl (C=O) groups excluding carboxylic acids is 1. The second kappa shape index (κ2) is 11.5. The topological polar surface area (TPSA) is 95.5 Å². The molecular weight excluding hydrogens is 634 g/mol. The van der Waals surface area contributed by atoms with E-state index in [1.165, 1.54) is 17.8 Å². The Kier molecular flexibility index (Phi) is 7.44. The summed E-state index contributed by atoms with van der Waals surface area (Å²) in [6, 6.07) is 16.0. The number of thiazole rings is 1. The summed E-state index contributed by atoms with van der Waals surface area (Å²) >= 11 is 4.90. The normalized spacial score (nSPS) is 18.0. The van der Waals surface area contributed by atoms with Gasteiger partial charge in [-0.1, -0.05) is 47.7 Å². The molecular formula is C32H28BrN3O6S. The van der Waals surface area contributed by atoms with Crippen LogP contribution in [0.5, 0.6) is 11.5 Å². The Balaban J connectivity index is 1.43. The summed E-state index contributed by atoms with van der Waals surface area (Å²) in [5.74, 6) is 1.95. The van der Waals surface area contributed by atoms with E-state index in [1.807, 2.05) is 48.5 Å². The molecule has 1 fully saturated rings. The van der Waals surface area contributed by atoms with Crippen molar-refractivity contribution in [1.29, 1.82) is 0 Å². The van der Waals surface area contributed by atoms with E-state index >= 15 is 0 Å². The van der Waals surface area contributed by atoms with Gasteiger partial charge in [-0.05, 0) is 59.8 Å². The van der Waals surface area contributed by atoms with Crippen molar-refractivity contribution in [3.63, 3.8) is 0 Å². The summed E-state index contributed by atoms with van der Waals surface area (Å²) in [7, 11) is 0. The van der Waals surface area contributed by atoms with E-state index in [9.17, 15) is 9.59 Å². The molecule has 5 heterocycles. The molecule has 3 aliphatic heterocycles. The van der Waals surface area contributed by atoms with Crippen molar-refractivity contribution in [1.82, 2.24) is 4.57 Å². The van der Waals surface area contributed by atoms with Gasteiger partial charge in [-0.25, -0.2) is 9.79 Å². The lowest BCUT2D eigenvalue weighted by Crippen LogP contribution is -2.40. The monoisotopic (exact) mass is 661 g/mol. The molecule has 9 nitrogen and oxygen atoms in total. The maximum atomic E-state index is 14.2. The number of hydrogen-bond donors (Lipinski definition) is 0. The lowest BCUT2D eigenvalue weighted by molar-refractivity contribution is -0.138. The molecule has 3 aliphatic rings. The predicted molar refractivity (Wildman–Crippen MR) is 166 cm³/mol. The molecule has 43 heavy (non-hydrogen) atoms. The average Bonchev–Trinajstić information content (AvgIpc) is 3.74. The lowest BCUT2D eigenvalue weighted by Gasteiger charge is -2.26. The van der Waals surface area contributed by atoms with Crippen LogP contribution in [0.15, 0.2) is 78.8 Å². The van der Waals surface area contributed by atoms with Crippen LogP contribution in [0, 0.1) is 0 Å². The first-order valence-electron chi connectivity index (χ1n) is 14.2. The highest BCUT2D eigenvalue weighted by Crippen LogP contribution is 2.40. The fourth-order valence-electron chi connectivity index (χ4n) is 5.73. The molecule has 0 spiro atoms. The Morgan fingerprint density at radius 2 is 1.88 bits per heavy atom. The average molecular weight is 663 g/mol. The van der Waals surface area contributed by atoms with E-state index in [1.54, 1.807) is 23.6 Å². The molecule has 0 radical (unpaired) electrons. The van der Waals surface area contributed by atoms with Crippen LogP contribution >= 0.6 is 27.3 Å². The molecule has 4 aromatic rings. The minimum absolute atomic E-state index is 0.107. The Morgan fingerprint density at radius 1 is 1.09 bits per heavy atom. The highest BCUT2D eigenvalue weighted by Gasteiger charge is 2.36. The summed E-state index contributed by atoms with van der Waals surface area (Å²) in [6.07, 6.45) is 5.20. The quantitative estimate of drug-likeness (QED) is 0.268. The van der Waals surface area contributed by atoms with Crippen LogP contribution in [-0.2, 0) is 9.53 Å². The van der Waals surface area contributed by atoms with Gasteiger partial charge in [0.1, 0.15) is 5.76 Å². The summed E-state index contributed by atoms with van der Waals surface area (Å²) in [5, 5.41) is 0. The fraction of sp³-hybridized carbons (Fsp3) is 0.281. The van der Waals surface area contributed by atoms with Gasteiger partial charge in [-0.15, -0.1) is 0 Å². The van der Waals surface area contributed by atoms with Crippen molar-refractivity contribution in [3.8, 4) is 11.5 Å². The number of furan rings is 1. The van der Waals surface area contributed by atoms with Crippen molar-refractivity contribution >= 4 is 50.9 Å². The van der Waals surface area contributed by atoms with Crippen molar-refractivity contribution in [2.45, 2.75) is 32.2 Å². The van der Waals surface area contributed by atoms with E-state index in [-0.39, 0.29) is 24.5 Å². The van der Waals surface area contributed by atoms with Gasteiger partial charge in [0.25, 0.3) is 5.56 Å². The number of fused-ring (bicyclic) bond motifs is 2. The summed E-state index contributed by atoms with van der Waals surface area (Å²) in [4.78, 5) is 35.4. The van der Waals surface area contributed by atoms with Gasteiger partial charge in [-0.2, -0.15) is 0 Å². The number of carbonyl (C=O) groups is 1. The zero-order valence-corrected chi connectivity index (χ0v) is 25.8. The Morgan fingerprint density at radius 3 is 2.67 bits per heavy atom. The number of benzene rings is 2. The van der Waals surface area contributed by atoms with Gasteiger partial charge in [0.15, 0.2) is 16.3 Å². The summed E-state index contributed by atoms with van der Waals surface area (Å²) in [5.41, 5.74) is 1.88. The molecule has 0 amide bonds. The van der Waals surface area contributed by atoms with Gasteiger partial charge < -0.3 is 23.5 Å². The fourth-order valence-corrected chi connectivity index (χ4v) is 7.27. The van der Waals surface area contributed by atoms with E-state index in [4.69, 9.17) is 23.6 Å². The number of rotatable bonds is 6. The highest BCUT2D eigenvalue weighted by molar-refractivity contribution is 9.10. The van der Waals surface area contributed by atoms with Gasteiger partial charge in [-0.3, -0.25) is 9.36 Å². The minimum atomic E-state index is -0.811. The number of ether oxygens (including phenoxy) is 3. The molecule has 0 N–H and O–H groups in total. The van der Waals surface area contributed by atoms with E-state index < -0.39 is 12.0 Å². The van der Waals surface area contributed by atoms with Crippen molar-refractivity contribution < 1.29 is 23.4 Å². The first-order valence-corrected chi connectivity index (χ1v) is 15.8. The van der Waals surface area contributed by atoms with E-state index in [0.29, 0.717) is 37.9 Å². The summed E-state index contributed by atoms with van der Waals surface area (Å²) in [6.45, 7) is 3.90. The third-order valence-corrected chi connectivity index (χ3v) is 9.24. The van der Waals surface area contributed by atoms with Gasteiger partial charge in [0.05, 0.1) is 32.9 Å². The summed E-state index contributed by atoms with van der Waals surface area (Å²) < 4.78 is 25.8. The second-order valence-corrected chi connectivity index (χ2v) is 12.3. The maximum Gasteiger partial charge on any atom is 0.338 e. The molecule has 1 atom stereocenters.